The van der Waals surface area contributed by atoms with Crippen LogP contribution in [0, 0.1) is 11.8 Å². The number of nitrogens with one attached hydrogen (secondary N) is 2. The normalized spacial score (nSPS) is 13.5. The summed E-state index contributed by atoms with van der Waals surface area (Å²) in [6, 6.07) is 8.84. The summed E-state index contributed by atoms with van der Waals surface area (Å²) in [6.07, 6.45) is -1.82. The number of aromatic nitrogens is 2. The minimum absolute atomic E-state index is 0.00917. The molecule has 0 aliphatic heterocycles. The summed E-state index contributed by atoms with van der Waals surface area (Å²) in [7, 11) is 1.59. The number of hydrogen-bond donors (Lipinski definition) is 2. The average molecular weight is 505 g/mol. The Balaban J connectivity index is 1.57. The fourth-order valence-corrected chi connectivity index (χ4v) is 3.98. The second kappa shape index (κ2) is 8.87. The number of rotatable bonds is 5. The molecule has 1 fully saturated rings. The quantitative estimate of drug-likeness (QED) is 0.485. The summed E-state index contributed by atoms with van der Waals surface area (Å²) in [4.78, 5) is 16.2. The number of imidazole rings is 1. The second-order valence-corrected chi connectivity index (χ2v) is 8.41. The zero-order chi connectivity index (χ0) is 22.9. The zero-order valence-electron chi connectivity index (χ0n) is 17.2. The molecule has 0 atom stereocenters. The summed E-state index contributed by atoms with van der Waals surface area (Å²) >= 11 is 3.33. The van der Waals surface area contributed by atoms with Crippen LogP contribution in [0.25, 0.3) is 5.65 Å². The molecule has 5 nitrogen and oxygen atoms in total. The van der Waals surface area contributed by atoms with Gasteiger partial charge in [-0.05, 0) is 76.5 Å². The van der Waals surface area contributed by atoms with Gasteiger partial charge in [0.25, 0.3) is 5.91 Å². The average Bonchev–Trinajstić information content (AvgIpc) is 3.54. The van der Waals surface area contributed by atoms with Gasteiger partial charge in [-0.1, -0.05) is 5.92 Å². The smallest absolute Gasteiger partial charge is 0.374 e. The van der Waals surface area contributed by atoms with Gasteiger partial charge in [-0.15, -0.1) is 0 Å². The predicted octanol–water partition coefficient (Wildman–Crippen LogP) is 4.90. The highest BCUT2D eigenvalue weighted by Crippen LogP contribution is 2.43. The van der Waals surface area contributed by atoms with Crippen LogP contribution in [0.1, 0.15) is 46.1 Å². The molecule has 2 aromatic heterocycles. The Morgan fingerprint density at radius 2 is 2.09 bits per heavy atom. The lowest BCUT2D eigenvalue weighted by molar-refractivity contribution is -0.128. The van der Waals surface area contributed by atoms with E-state index in [9.17, 15) is 18.0 Å². The van der Waals surface area contributed by atoms with Crippen LogP contribution in [-0.2, 0) is 6.42 Å². The van der Waals surface area contributed by atoms with Gasteiger partial charge in [-0.25, -0.2) is 4.98 Å². The van der Waals surface area contributed by atoms with Gasteiger partial charge in [0, 0.05) is 24.5 Å². The van der Waals surface area contributed by atoms with E-state index in [-0.39, 0.29) is 23.8 Å². The minimum atomic E-state index is -4.38. The third-order valence-corrected chi connectivity index (χ3v) is 5.82. The Morgan fingerprint density at radius 3 is 2.78 bits per heavy atom. The lowest BCUT2D eigenvalue weighted by Crippen LogP contribution is -2.18. The van der Waals surface area contributed by atoms with Crippen molar-refractivity contribution >= 4 is 33.2 Å². The number of nitrogens with zero attached hydrogens (tertiary/aromatic N) is 2. The maximum Gasteiger partial charge on any atom is 0.394 e. The Bertz CT molecular complexity index is 1240. The summed E-state index contributed by atoms with van der Waals surface area (Å²) < 4.78 is 41.4. The molecular weight excluding hydrogens is 485 g/mol. The van der Waals surface area contributed by atoms with Gasteiger partial charge in [0.15, 0.2) is 5.65 Å². The second-order valence-electron chi connectivity index (χ2n) is 7.56. The van der Waals surface area contributed by atoms with Crippen LogP contribution in [0.5, 0.6) is 0 Å². The molecule has 9 heteroatoms. The standard InChI is InChI=1S/C23H20BrF3N4O/c1-28-22(32)15-8-9-18(16(12-15)14-6-7-14)29-10-2-5-19-20(13-23(25,26)27)31-11-3-4-17(24)21(31)30-19/h3-4,8-9,11-12,14,29H,6-7,10,13H2,1H3,(H,28,32). The van der Waals surface area contributed by atoms with Gasteiger partial charge in [-0.2, -0.15) is 13.2 Å². The molecule has 2 heterocycles. The van der Waals surface area contributed by atoms with Crippen molar-refractivity contribution in [2.24, 2.45) is 0 Å². The molecule has 1 aliphatic rings. The first kappa shape index (κ1) is 22.2. The Hall–Kier alpha value is -2.99. The molecule has 0 saturated heterocycles. The summed E-state index contributed by atoms with van der Waals surface area (Å²) in [5.41, 5.74) is 3.04. The Kier molecular flexibility index (Phi) is 6.15. The van der Waals surface area contributed by atoms with E-state index >= 15 is 0 Å². The molecule has 32 heavy (non-hydrogen) atoms. The molecule has 1 aromatic carbocycles. The number of pyridine rings is 1. The number of carbonyl (C=O) groups is 1. The molecule has 4 rings (SSSR count). The van der Waals surface area contributed by atoms with Gasteiger partial charge in [-0.3, -0.25) is 4.79 Å². The number of anilines is 1. The van der Waals surface area contributed by atoms with Gasteiger partial charge < -0.3 is 15.0 Å². The molecule has 166 valence electrons. The number of alkyl halides is 3. The molecule has 0 unspecified atom stereocenters. The van der Waals surface area contributed by atoms with Crippen molar-refractivity contribution in [3.05, 3.63) is 63.5 Å². The predicted molar refractivity (Wildman–Crippen MR) is 120 cm³/mol. The van der Waals surface area contributed by atoms with Crippen LogP contribution < -0.4 is 10.6 Å². The van der Waals surface area contributed by atoms with E-state index < -0.39 is 12.6 Å². The number of fused-ring (bicyclic) bond motifs is 1. The van der Waals surface area contributed by atoms with Crippen molar-refractivity contribution < 1.29 is 18.0 Å². The minimum Gasteiger partial charge on any atom is -0.374 e. The Morgan fingerprint density at radius 1 is 1.31 bits per heavy atom. The molecule has 1 saturated carbocycles. The lowest BCUT2D eigenvalue weighted by Gasteiger charge is -2.11. The van der Waals surface area contributed by atoms with Crippen LogP contribution in [-0.4, -0.2) is 35.1 Å². The number of amides is 1. The summed E-state index contributed by atoms with van der Waals surface area (Å²) in [5.74, 6) is 5.95. The Labute approximate surface area is 191 Å². The van der Waals surface area contributed by atoms with E-state index in [0.717, 1.165) is 24.1 Å². The van der Waals surface area contributed by atoms with Gasteiger partial charge in [0.2, 0.25) is 0 Å². The first-order valence-electron chi connectivity index (χ1n) is 10.1. The van der Waals surface area contributed by atoms with Crippen LogP contribution in [0.3, 0.4) is 0 Å². The van der Waals surface area contributed by atoms with E-state index in [1.807, 2.05) is 12.1 Å². The van der Waals surface area contributed by atoms with Crippen molar-refractivity contribution in [2.45, 2.75) is 31.4 Å². The first-order valence-corrected chi connectivity index (χ1v) is 10.9. The number of carbonyl (C=O) groups excluding carboxylic acids is 1. The van der Waals surface area contributed by atoms with Crippen LogP contribution in [0.15, 0.2) is 41.0 Å². The fourth-order valence-electron chi connectivity index (χ4n) is 3.55. The molecule has 1 aliphatic carbocycles. The van der Waals surface area contributed by atoms with E-state index in [4.69, 9.17) is 0 Å². The van der Waals surface area contributed by atoms with E-state index in [0.29, 0.717) is 21.6 Å². The van der Waals surface area contributed by atoms with E-state index in [2.05, 4.69) is 43.4 Å². The van der Waals surface area contributed by atoms with E-state index in [1.165, 1.54) is 4.40 Å². The van der Waals surface area contributed by atoms with Crippen molar-refractivity contribution in [3.8, 4) is 11.8 Å². The molecular formula is C23H20BrF3N4O. The summed E-state index contributed by atoms with van der Waals surface area (Å²) in [6.45, 7) is 0.236. The highest BCUT2D eigenvalue weighted by Gasteiger charge is 2.31. The van der Waals surface area contributed by atoms with Gasteiger partial charge in [0.1, 0.15) is 5.69 Å². The third kappa shape index (κ3) is 4.91. The highest BCUT2D eigenvalue weighted by molar-refractivity contribution is 9.10. The third-order valence-electron chi connectivity index (χ3n) is 5.20. The molecule has 0 bridgehead atoms. The topological polar surface area (TPSA) is 58.4 Å². The van der Waals surface area contributed by atoms with Crippen LogP contribution in [0.2, 0.25) is 0 Å². The summed E-state index contributed by atoms with van der Waals surface area (Å²) in [5, 5.41) is 5.85. The number of hydrogen-bond acceptors (Lipinski definition) is 3. The largest absolute Gasteiger partial charge is 0.394 e. The fraction of sp³-hybridized carbons (Fsp3) is 0.304. The van der Waals surface area contributed by atoms with Crippen LogP contribution in [0.4, 0.5) is 18.9 Å². The SMILES string of the molecule is CNC(=O)c1ccc(NCC#Cc2nc3c(Br)cccn3c2CC(F)(F)F)c(C2CC2)c1. The van der Waals surface area contributed by atoms with Crippen molar-refractivity contribution in [1.82, 2.24) is 14.7 Å². The van der Waals surface area contributed by atoms with Gasteiger partial charge in [0.05, 0.1) is 23.1 Å². The van der Waals surface area contributed by atoms with Crippen molar-refractivity contribution in [1.29, 1.82) is 0 Å². The van der Waals surface area contributed by atoms with Crippen molar-refractivity contribution in [2.75, 3.05) is 18.9 Å². The number of benzene rings is 1. The highest BCUT2D eigenvalue weighted by atomic mass is 79.9. The van der Waals surface area contributed by atoms with Crippen LogP contribution >= 0.6 is 15.9 Å². The first-order chi connectivity index (χ1) is 15.3. The monoisotopic (exact) mass is 504 g/mol. The number of halogens is 4. The molecule has 3 aromatic rings. The van der Waals surface area contributed by atoms with Crippen molar-refractivity contribution in [3.63, 3.8) is 0 Å². The molecule has 1 amide bonds. The molecule has 2 N–H and O–H groups in total. The van der Waals surface area contributed by atoms with E-state index in [1.54, 1.807) is 31.4 Å². The van der Waals surface area contributed by atoms with Gasteiger partial charge >= 0.3 is 6.18 Å². The maximum atomic E-state index is 13.1. The maximum absolute atomic E-state index is 13.1. The molecule has 0 spiro atoms. The lowest BCUT2D eigenvalue weighted by atomic mass is 10.0. The molecule has 0 radical (unpaired) electrons. The zero-order valence-corrected chi connectivity index (χ0v) is 18.8.